The van der Waals surface area contributed by atoms with Gasteiger partial charge in [0, 0.05) is 17.5 Å². The number of ether oxygens (including phenoxy) is 4. The van der Waals surface area contributed by atoms with Crippen molar-refractivity contribution in [3.8, 4) is 5.75 Å². The smallest absolute Gasteiger partial charge is 0.336 e. The second-order valence-corrected chi connectivity index (χ2v) is 7.63. The summed E-state index contributed by atoms with van der Waals surface area (Å²) in [5.41, 5.74) is 0.543. The maximum atomic E-state index is 11.6. The topological polar surface area (TPSA) is 168 Å². The maximum Gasteiger partial charge on any atom is 0.336 e. The molecule has 1 aromatic heterocycles. The highest BCUT2D eigenvalue weighted by atomic mass is 16.7. The normalized spacial score (nSPS) is 36.5. The van der Waals surface area contributed by atoms with Crippen LogP contribution in [0.25, 0.3) is 11.0 Å². The fraction of sp³-hybridized carbons (Fsp3) is 0.550. The van der Waals surface area contributed by atoms with Crippen LogP contribution in [0.5, 0.6) is 5.75 Å². The molecule has 0 amide bonds. The van der Waals surface area contributed by atoms with E-state index in [1.165, 1.54) is 12.1 Å². The summed E-state index contributed by atoms with van der Waals surface area (Å²) < 4.78 is 26.8. The molecule has 0 saturated carbocycles. The van der Waals surface area contributed by atoms with Gasteiger partial charge in [-0.25, -0.2) is 4.79 Å². The summed E-state index contributed by atoms with van der Waals surface area (Å²) in [5, 5.41) is 50.7. The number of hydrogen-bond donors (Lipinski definition) is 5. The molecule has 2 aliphatic heterocycles. The van der Waals surface area contributed by atoms with Crippen molar-refractivity contribution in [1.82, 2.24) is 0 Å². The van der Waals surface area contributed by atoms with Gasteiger partial charge in [0.2, 0.25) is 6.29 Å². The van der Waals surface area contributed by atoms with Crippen molar-refractivity contribution >= 4 is 11.0 Å². The Hall–Kier alpha value is -2.09. The average molecular weight is 440 g/mol. The van der Waals surface area contributed by atoms with Gasteiger partial charge in [0.15, 0.2) is 6.29 Å². The van der Waals surface area contributed by atoms with Gasteiger partial charge in [0.1, 0.15) is 48.0 Å². The van der Waals surface area contributed by atoms with E-state index >= 15 is 0 Å². The molecule has 8 atom stereocenters. The highest BCUT2D eigenvalue weighted by Gasteiger charge is 2.45. The standard InChI is InChI=1S/C20H24O11/c1-8-4-14(22)30-12-5-9(2-3-10(8)12)29-19-18(26)16(24)13(7-28-19)31-20-17(25)15(23)11(21)6-27-20/h2-5,11,13,15-21,23-26H,6-7H2,1H3/t11-,13-,15+,16+,17-,18-,19+,20+/m1/s1. The molecular formula is C20H24O11. The second-order valence-electron chi connectivity index (χ2n) is 7.63. The summed E-state index contributed by atoms with van der Waals surface area (Å²) in [4.78, 5) is 11.6. The quantitative estimate of drug-likeness (QED) is 0.347. The van der Waals surface area contributed by atoms with Crippen LogP contribution in [0.15, 0.2) is 33.5 Å². The van der Waals surface area contributed by atoms with E-state index in [-0.39, 0.29) is 19.0 Å². The van der Waals surface area contributed by atoms with E-state index in [1.54, 1.807) is 19.1 Å². The van der Waals surface area contributed by atoms with Gasteiger partial charge in [-0.05, 0) is 24.6 Å². The van der Waals surface area contributed by atoms with Crippen LogP contribution in [0.1, 0.15) is 5.56 Å². The lowest BCUT2D eigenvalue weighted by molar-refractivity contribution is -0.320. The Labute approximate surface area is 176 Å². The van der Waals surface area contributed by atoms with Crippen molar-refractivity contribution in [3.05, 3.63) is 40.2 Å². The van der Waals surface area contributed by atoms with Crippen molar-refractivity contribution in [2.75, 3.05) is 13.2 Å². The van der Waals surface area contributed by atoms with Crippen molar-refractivity contribution in [2.45, 2.75) is 56.1 Å². The van der Waals surface area contributed by atoms with Crippen LogP contribution in [0, 0.1) is 6.92 Å². The number of rotatable bonds is 4. The molecule has 5 N–H and O–H groups in total. The molecule has 31 heavy (non-hydrogen) atoms. The first-order valence-electron chi connectivity index (χ1n) is 9.75. The molecule has 2 aliphatic rings. The first kappa shape index (κ1) is 22.1. The molecule has 0 aliphatic carbocycles. The SMILES string of the molecule is Cc1cc(=O)oc2cc(O[C@@H]3OC[C@@H](O[C@@H]4OC[C@@H](O)[C@H](O)[C@H]4O)[C@H](O)[C@H]3O)ccc12. The zero-order valence-electron chi connectivity index (χ0n) is 16.5. The van der Waals surface area contributed by atoms with E-state index in [2.05, 4.69) is 0 Å². The zero-order valence-corrected chi connectivity index (χ0v) is 16.5. The molecule has 2 aromatic rings. The predicted octanol–water partition coefficient (Wildman–Crippen LogP) is -1.62. The highest BCUT2D eigenvalue weighted by molar-refractivity contribution is 5.81. The number of aliphatic hydroxyl groups is 5. The van der Waals surface area contributed by atoms with Crippen LogP contribution in [-0.2, 0) is 14.2 Å². The van der Waals surface area contributed by atoms with E-state index in [4.69, 9.17) is 23.4 Å². The lowest BCUT2D eigenvalue weighted by Crippen LogP contribution is -2.60. The first-order valence-corrected chi connectivity index (χ1v) is 9.75. The minimum absolute atomic E-state index is 0.212. The Balaban J connectivity index is 1.41. The molecule has 1 aromatic carbocycles. The van der Waals surface area contributed by atoms with Crippen molar-refractivity contribution < 1.29 is 48.9 Å². The van der Waals surface area contributed by atoms with Gasteiger partial charge in [-0.3, -0.25) is 0 Å². The predicted molar refractivity (Wildman–Crippen MR) is 102 cm³/mol. The van der Waals surface area contributed by atoms with E-state index < -0.39 is 54.8 Å². The molecule has 2 saturated heterocycles. The molecule has 2 fully saturated rings. The Morgan fingerprint density at radius 3 is 2.39 bits per heavy atom. The molecule has 0 unspecified atom stereocenters. The number of fused-ring (bicyclic) bond motifs is 1. The lowest BCUT2D eigenvalue weighted by Gasteiger charge is -2.41. The second kappa shape index (κ2) is 8.81. The molecular weight excluding hydrogens is 416 g/mol. The molecule has 0 bridgehead atoms. The fourth-order valence-electron chi connectivity index (χ4n) is 3.58. The van der Waals surface area contributed by atoms with E-state index in [0.717, 1.165) is 10.9 Å². The molecule has 0 spiro atoms. The zero-order chi connectivity index (χ0) is 22.3. The van der Waals surface area contributed by atoms with Crippen LogP contribution in [0.3, 0.4) is 0 Å². The molecule has 11 nitrogen and oxygen atoms in total. The summed E-state index contributed by atoms with van der Waals surface area (Å²) in [6.07, 6.45) is -10.9. The van der Waals surface area contributed by atoms with Crippen molar-refractivity contribution in [2.24, 2.45) is 0 Å². The monoisotopic (exact) mass is 440 g/mol. The maximum absolute atomic E-state index is 11.6. The Morgan fingerprint density at radius 1 is 0.903 bits per heavy atom. The number of hydrogen-bond acceptors (Lipinski definition) is 11. The van der Waals surface area contributed by atoms with Crippen molar-refractivity contribution in [3.63, 3.8) is 0 Å². The molecule has 4 rings (SSSR count). The Bertz CT molecular complexity index is 975. The van der Waals surface area contributed by atoms with Gasteiger partial charge < -0.3 is 48.9 Å². The van der Waals surface area contributed by atoms with Crippen LogP contribution < -0.4 is 10.4 Å². The minimum atomic E-state index is -1.54. The molecule has 3 heterocycles. The van der Waals surface area contributed by atoms with Crippen LogP contribution >= 0.6 is 0 Å². The van der Waals surface area contributed by atoms with Gasteiger partial charge in [0.25, 0.3) is 0 Å². The third-order valence-electron chi connectivity index (χ3n) is 5.37. The van der Waals surface area contributed by atoms with Gasteiger partial charge in [-0.1, -0.05) is 0 Å². The summed E-state index contributed by atoms with van der Waals surface area (Å²) in [6.45, 7) is 1.30. The average Bonchev–Trinajstić information content (AvgIpc) is 2.73. The van der Waals surface area contributed by atoms with Gasteiger partial charge in [0.05, 0.1) is 13.2 Å². The summed E-state index contributed by atoms with van der Waals surface area (Å²) in [7, 11) is 0. The number of aryl methyl sites for hydroxylation is 1. The van der Waals surface area contributed by atoms with Crippen LogP contribution in [-0.4, -0.2) is 88.0 Å². The first-order chi connectivity index (χ1) is 14.7. The van der Waals surface area contributed by atoms with Crippen molar-refractivity contribution in [1.29, 1.82) is 0 Å². The van der Waals surface area contributed by atoms with Crippen LogP contribution in [0.4, 0.5) is 0 Å². The molecule has 0 radical (unpaired) electrons. The Kier molecular flexibility index (Phi) is 6.28. The lowest BCUT2D eigenvalue weighted by atomic mass is 10.0. The van der Waals surface area contributed by atoms with Crippen LogP contribution in [0.2, 0.25) is 0 Å². The Morgan fingerprint density at radius 2 is 1.61 bits per heavy atom. The third kappa shape index (κ3) is 4.45. The summed E-state index contributed by atoms with van der Waals surface area (Å²) in [5.74, 6) is 0.250. The van der Waals surface area contributed by atoms with Gasteiger partial charge >= 0.3 is 5.63 Å². The number of benzene rings is 1. The summed E-state index contributed by atoms with van der Waals surface area (Å²) >= 11 is 0. The summed E-state index contributed by atoms with van der Waals surface area (Å²) in [6, 6.07) is 6.16. The third-order valence-corrected chi connectivity index (χ3v) is 5.37. The van der Waals surface area contributed by atoms with E-state index in [1.807, 2.05) is 0 Å². The van der Waals surface area contributed by atoms with E-state index in [9.17, 15) is 30.3 Å². The minimum Gasteiger partial charge on any atom is -0.462 e. The van der Waals surface area contributed by atoms with Gasteiger partial charge in [-0.2, -0.15) is 0 Å². The molecule has 11 heteroatoms. The fourth-order valence-corrected chi connectivity index (χ4v) is 3.58. The largest absolute Gasteiger partial charge is 0.462 e. The van der Waals surface area contributed by atoms with Gasteiger partial charge in [-0.15, -0.1) is 0 Å². The van der Waals surface area contributed by atoms with E-state index in [0.29, 0.717) is 5.58 Å². The molecule has 170 valence electrons. The highest BCUT2D eigenvalue weighted by Crippen LogP contribution is 2.27. The number of aliphatic hydroxyl groups excluding tert-OH is 5.